The highest BCUT2D eigenvalue weighted by Gasteiger charge is 2.28. The van der Waals surface area contributed by atoms with Gasteiger partial charge >= 0.3 is 5.97 Å². The molecule has 2 aromatic rings. The van der Waals surface area contributed by atoms with Gasteiger partial charge in [-0.3, -0.25) is 4.79 Å². The van der Waals surface area contributed by atoms with Crippen LogP contribution in [0.5, 0.6) is 5.75 Å². The molecule has 0 aliphatic heterocycles. The third-order valence-corrected chi connectivity index (χ3v) is 9.42. The van der Waals surface area contributed by atoms with Crippen molar-refractivity contribution in [1.29, 1.82) is 0 Å². The Morgan fingerprint density at radius 3 is 1.95 bits per heavy atom. The van der Waals surface area contributed by atoms with Crippen molar-refractivity contribution in [2.75, 3.05) is 19.8 Å². The third kappa shape index (κ3) is 14.6. The molecular formula is C34H50ClNO6S. The molecular weight excluding hydrogens is 586 g/mol. The topological polar surface area (TPSA) is 90.0 Å². The van der Waals surface area contributed by atoms with Crippen molar-refractivity contribution < 1.29 is 27.5 Å². The number of esters is 1. The van der Waals surface area contributed by atoms with Crippen molar-refractivity contribution in [2.24, 2.45) is 0 Å². The second kappa shape index (κ2) is 21.2. The van der Waals surface area contributed by atoms with E-state index in [0.717, 1.165) is 29.1 Å². The van der Waals surface area contributed by atoms with Gasteiger partial charge in [0.25, 0.3) is 10.0 Å². The number of rotatable bonds is 23. The van der Waals surface area contributed by atoms with Crippen LogP contribution in [0.1, 0.15) is 109 Å². The highest BCUT2D eigenvalue weighted by atomic mass is 35.5. The molecule has 0 spiro atoms. The number of ether oxygens (including phenoxy) is 2. The fourth-order valence-electron chi connectivity index (χ4n) is 4.90. The average molecular weight is 636 g/mol. The van der Waals surface area contributed by atoms with Gasteiger partial charge in [-0.2, -0.15) is 0 Å². The normalized spacial score (nSPS) is 11.3. The number of nitrogens with zero attached hydrogens (tertiary/aromatic N) is 1. The summed E-state index contributed by atoms with van der Waals surface area (Å²) in [5, 5.41) is 0.420. The zero-order chi connectivity index (χ0) is 31.3. The monoisotopic (exact) mass is 635 g/mol. The van der Waals surface area contributed by atoms with E-state index in [2.05, 4.69) is 6.92 Å². The van der Waals surface area contributed by atoms with Gasteiger partial charge in [0.15, 0.2) is 6.61 Å². The highest BCUT2D eigenvalue weighted by molar-refractivity contribution is 7.89. The van der Waals surface area contributed by atoms with Crippen LogP contribution in [0.25, 0.3) is 0 Å². The molecule has 2 rings (SSSR count). The van der Waals surface area contributed by atoms with Crippen molar-refractivity contribution in [3.8, 4) is 5.75 Å². The maximum absolute atomic E-state index is 13.5. The van der Waals surface area contributed by atoms with Gasteiger partial charge in [0.1, 0.15) is 5.75 Å². The Morgan fingerprint density at radius 2 is 1.37 bits per heavy atom. The van der Waals surface area contributed by atoms with Crippen LogP contribution in [0.15, 0.2) is 53.4 Å². The average Bonchev–Trinajstić information content (AvgIpc) is 2.99. The van der Waals surface area contributed by atoms with Crippen molar-refractivity contribution in [3.05, 3.63) is 59.1 Å². The van der Waals surface area contributed by atoms with Crippen LogP contribution < -0.4 is 4.74 Å². The standard InChI is InChI=1S/C34H50ClNO6S/c1-3-5-6-7-8-9-10-11-12-13-14-15-16-20-33(37)36(43(39,40)32-23-21-30(35)22-24-32)26-25-29-18-17-19-31(27-29)42-28-34(38)41-4-2/h17-19,21-24,27H,3-16,20,25-26,28H2,1-2H3. The second-order valence-corrected chi connectivity index (χ2v) is 13.2. The van der Waals surface area contributed by atoms with Gasteiger partial charge in [0.2, 0.25) is 5.91 Å². The second-order valence-electron chi connectivity index (χ2n) is 10.9. The lowest BCUT2D eigenvalue weighted by atomic mass is 10.0. The van der Waals surface area contributed by atoms with Crippen LogP contribution in [-0.2, 0) is 30.8 Å². The number of benzene rings is 2. The summed E-state index contributed by atoms with van der Waals surface area (Å²) < 4.78 is 38.5. The van der Waals surface area contributed by atoms with Crippen molar-refractivity contribution in [3.63, 3.8) is 0 Å². The van der Waals surface area contributed by atoms with E-state index < -0.39 is 21.9 Å². The molecule has 0 heterocycles. The molecule has 0 fully saturated rings. The predicted octanol–water partition coefficient (Wildman–Crippen LogP) is 8.52. The smallest absolute Gasteiger partial charge is 0.344 e. The quantitative estimate of drug-likeness (QED) is 0.0898. The van der Waals surface area contributed by atoms with E-state index in [4.69, 9.17) is 21.1 Å². The summed E-state index contributed by atoms with van der Waals surface area (Å²) in [4.78, 5) is 25.0. The van der Waals surface area contributed by atoms with Gasteiger partial charge in [-0.15, -0.1) is 0 Å². The van der Waals surface area contributed by atoms with Crippen LogP contribution in [-0.4, -0.2) is 44.4 Å². The largest absolute Gasteiger partial charge is 0.482 e. The van der Waals surface area contributed by atoms with Crippen molar-refractivity contribution in [1.82, 2.24) is 4.31 Å². The lowest BCUT2D eigenvalue weighted by Crippen LogP contribution is -2.38. The Balaban J connectivity index is 1.89. The number of carbonyl (C=O) groups is 2. The number of hydrogen-bond acceptors (Lipinski definition) is 6. The Bertz CT molecular complexity index is 1190. The molecule has 0 aliphatic rings. The van der Waals surface area contributed by atoms with E-state index in [0.29, 0.717) is 23.6 Å². The zero-order valence-corrected chi connectivity index (χ0v) is 27.6. The Kier molecular flexibility index (Phi) is 18.0. The number of unbranched alkanes of at least 4 members (excludes halogenated alkanes) is 12. The zero-order valence-electron chi connectivity index (χ0n) is 26.0. The first-order valence-electron chi connectivity index (χ1n) is 16.0. The molecule has 9 heteroatoms. The SMILES string of the molecule is CCCCCCCCCCCCCCCC(=O)N(CCc1cccc(OCC(=O)OCC)c1)S(=O)(=O)c1ccc(Cl)cc1. The van der Waals surface area contributed by atoms with Gasteiger partial charge in [-0.25, -0.2) is 17.5 Å². The molecule has 0 atom stereocenters. The Hall–Kier alpha value is -2.58. The van der Waals surface area contributed by atoms with E-state index in [1.165, 1.54) is 82.1 Å². The van der Waals surface area contributed by atoms with Crippen LogP contribution in [0, 0.1) is 0 Å². The minimum Gasteiger partial charge on any atom is -0.482 e. The lowest BCUT2D eigenvalue weighted by Gasteiger charge is -2.23. The molecule has 1 amide bonds. The maximum atomic E-state index is 13.5. The van der Waals surface area contributed by atoms with Gasteiger partial charge in [0.05, 0.1) is 11.5 Å². The van der Waals surface area contributed by atoms with Gasteiger partial charge < -0.3 is 9.47 Å². The first-order chi connectivity index (χ1) is 20.8. The fraction of sp³-hybridized carbons (Fsp3) is 0.588. The van der Waals surface area contributed by atoms with Gasteiger partial charge in [0, 0.05) is 18.0 Å². The molecule has 240 valence electrons. The summed E-state index contributed by atoms with van der Waals surface area (Å²) in [6.07, 6.45) is 16.0. The van der Waals surface area contributed by atoms with Crippen LogP contribution in [0.4, 0.5) is 0 Å². The molecule has 0 saturated carbocycles. The Morgan fingerprint density at radius 1 is 0.791 bits per heavy atom. The van der Waals surface area contributed by atoms with Crippen molar-refractivity contribution in [2.45, 2.75) is 115 Å². The molecule has 2 aromatic carbocycles. The number of halogens is 1. The molecule has 0 unspecified atom stereocenters. The number of sulfonamides is 1. The fourth-order valence-corrected chi connectivity index (χ4v) is 6.45. The van der Waals surface area contributed by atoms with Crippen LogP contribution in [0.2, 0.25) is 5.02 Å². The van der Waals surface area contributed by atoms with Crippen LogP contribution >= 0.6 is 11.6 Å². The molecule has 0 aliphatic carbocycles. The van der Waals surface area contributed by atoms with E-state index in [9.17, 15) is 18.0 Å². The number of hydrogen-bond donors (Lipinski definition) is 0. The predicted molar refractivity (Wildman–Crippen MR) is 173 cm³/mol. The van der Waals surface area contributed by atoms with E-state index in [-0.39, 0.29) is 31.1 Å². The number of amides is 1. The number of carbonyl (C=O) groups excluding carboxylic acids is 2. The van der Waals surface area contributed by atoms with E-state index >= 15 is 0 Å². The first-order valence-corrected chi connectivity index (χ1v) is 17.8. The minimum absolute atomic E-state index is 0.0103. The highest BCUT2D eigenvalue weighted by Crippen LogP contribution is 2.22. The molecule has 0 bridgehead atoms. The summed E-state index contributed by atoms with van der Waals surface area (Å²) in [7, 11) is -4.06. The minimum atomic E-state index is -4.06. The first kappa shape index (κ1) is 36.6. The molecule has 0 aromatic heterocycles. The summed E-state index contributed by atoms with van der Waals surface area (Å²) in [5.41, 5.74) is 0.784. The molecule has 0 N–H and O–H groups in total. The summed E-state index contributed by atoms with van der Waals surface area (Å²) >= 11 is 5.98. The summed E-state index contributed by atoms with van der Waals surface area (Å²) in [6, 6.07) is 12.9. The molecule has 43 heavy (non-hydrogen) atoms. The van der Waals surface area contributed by atoms with Gasteiger partial charge in [-0.05, 0) is 61.7 Å². The molecule has 7 nitrogen and oxygen atoms in total. The van der Waals surface area contributed by atoms with E-state index in [1.54, 1.807) is 25.1 Å². The lowest BCUT2D eigenvalue weighted by molar-refractivity contribution is -0.145. The summed E-state index contributed by atoms with van der Waals surface area (Å²) in [6.45, 7) is 4.01. The summed E-state index contributed by atoms with van der Waals surface area (Å²) in [5.74, 6) is -0.407. The molecule has 0 saturated heterocycles. The van der Waals surface area contributed by atoms with Gasteiger partial charge in [-0.1, -0.05) is 108 Å². The van der Waals surface area contributed by atoms with E-state index in [1.807, 2.05) is 6.07 Å². The molecule has 0 radical (unpaired) electrons. The third-order valence-electron chi connectivity index (χ3n) is 7.34. The Labute approximate surface area is 264 Å². The maximum Gasteiger partial charge on any atom is 0.344 e. The van der Waals surface area contributed by atoms with Crippen LogP contribution in [0.3, 0.4) is 0 Å². The van der Waals surface area contributed by atoms with Crippen molar-refractivity contribution >= 4 is 33.5 Å².